The Bertz CT molecular complexity index is 507. The van der Waals surface area contributed by atoms with Crippen molar-refractivity contribution in [3.8, 4) is 11.1 Å². The highest BCUT2D eigenvalue weighted by atomic mass is 35.5. The third kappa shape index (κ3) is 1.96. The zero-order valence-electron chi connectivity index (χ0n) is 8.20. The highest BCUT2D eigenvalue weighted by Gasteiger charge is 2.11. The fourth-order valence-corrected chi connectivity index (χ4v) is 1.79. The highest BCUT2D eigenvalue weighted by Crippen LogP contribution is 2.28. The first-order valence-corrected chi connectivity index (χ1v) is 5.02. The molecule has 0 aliphatic carbocycles. The minimum Gasteiger partial charge on any atom is -0.275 e. The summed E-state index contributed by atoms with van der Waals surface area (Å²) < 4.78 is 1.72. The molecule has 15 heavy (non-hydrogen) atoms. The molecule has 4 nitrogen and oxygen atoms in total. The monoisotopic (exact) mass is 242 g/mol. The first-order valence-electron chi connectivity index (χ1n) is 4.26. The van der Waals surface area contributed by atoms with Gasteiger partial charge in [-0.1, -0.05) is 11.6 Å². The van der Waals surface area contributed by atoms with E-state index in [1.165, 1.54) is 0 Å². The molecule has 0 atom stereocenters. The van der Waals surface area contributed by atoms with Crippen LogP contribution in [0, 0.1) is 6.92 Å². The van der Waals surface area contributed by atoms with Crippen LogP contribution in [0.4, 0.5) is 0 Å². The molecular formula is C9H8Cl2N4. The SMILES string of the molecule is Cc1nn(C)cc1-c1cnc(Cl)nc1Cl. The molecular weight excluding hydrogens is 235 g/mol. The highest BCUT2D eigenvalue weighted by molar-refractivity contribution is 6.33. The molecule has 2 aromatic rings. The smallest absolute Gasteiger partial charge is 0.223 e. The van der Waals surface area contributed by atoms with Gasteiger partial charge in [0.15, 0.2) is 0 Å². The van der Waals surface area contributed by atoms with Crippen LogP contribution in [0.15, 0.2) is 12.4 Å². The first-order chi connectivity index (χ1) is 7.08. The summed E-state index contributed by atoms with van der Waals surface area (Å²) in [4.78, 5) is 7.78. The zero-order chi connectivity index (χ0) is 11.0. The van der Waals surface area contributed by atoms with Crippen LogP contribution >= 0.6 is 23.2 Å². The van der Waals surface area contributed by atoms with E-state index >= 15 is 0 Å². The molecule has 0 aliphatic rings. The van der Waals surface area contributed by atoms with Crippen molar-refractivity contribution in [3.63, 3.8) is 0 Å². The molecule has 2 aromatic heterocycles. The summed E-state index contributed by atoms with van der Waals surface area (Å²) in [5, 5.41) is 4.70. The third-order valence-corrected chi connectivity index (χ3v) is 2.49. The van der Waals surface area contributed by atoms with Crippen molar-refractivity contribution in [1.82, 2.24) is 19.7 Å². The molecule has 0 aliphatic heterocycles. The Kier molecular flexibility index (Phi) is 2.63. The van der Waals surface area contributed by atoms with Gasteiger partial charge in [-0.3, -0.25) is 4.68 Å². The summed E-state index contributed by atoms with van der Waals surface area (Å²) in [6.45, 7) is 1.90. The fraction of sp³-hybridized carbons (Fsp3) is 0.222. The minimum absolute atomic E-state index is 0.144. The zero-order valence-corrected chi connectivity index (χ0v) is 9.71. The predicted octanol–water partition coefficient (Wildman–Crippen LogP) is 2.49. The van der Waals surface area contributed by atoms with E-state index in [-0.39, 0.29) is 5.28 Å². The van der Waals surface area contributed by atoms with E-state index in [9.17, 15) is 0 Å². The van der Waals surface area contributed by atoms with Crippen molar-refractivity contribution in [2.75, 3.05) is 0 Å². The van der Waals surface area contributed by atoms with Crippen molar-refractivity contribution < 1.29 is 0 Å². The summed E-state index contributed by atoms with van der Waals surface area (Å²) in [5.74, 6) is 0. The van der Waals surface area contributed by atoms with Gasteiger partial charge in [0.1, 0.15) is 5.15 Å². The lowest BCUT2D eigenvalue weighted by Crippen LogP contribution is -1.88. The van der Waals surface area contributed by atoms with Gasteiger partial charge in [0.25, 0.3) is 0 Å². The van der Waals surface area contributed by atoms with Crippen molar-refractivity contribution in [2.24, 2.45) is 7.05 Å². The molecule has 0 unspecified atom stereocenters. The summed E-state index contributed by atoms with van der Waals surface area (Å²) in [7, 11) is 1.85. The Balaban J connectivity index is 2.59. The van der Waals surface area contributed by atoms with Crippen LogP contribution in [-0.2, 0) is 7.05 Å². The number of hydrogen-bond donors (Lipinski definition) is 0. The Morgan fingerprint density at radius 2 is 2.00 bits per heavy atom. The van der Waals surface area contributed by atoms with Gasteiger partial charge in [0.05, 0.1) is 5.69 Å². The van der Waals surface area contributed by atoms with Gasteiger partial charge in [-0.05, 0) is 18.5 Å². The van der Waals surface area contributed by atoms with Gasteiger partial charge in [-0.2, -0.15) is 5.10 Å². The predicted molar refractivity (Wildman–Crippen MR) is 59.0 cm³/mol. The van der Waals surface area contributed by atoms with Gasteiger partial charge in [-0.15, -0.1) is 0 Å². The Hall–Kier alpha value is -1.13. The second-order valence-electron chi connectivity index (χ2n) is 3.15. The lowest BCUT2D eigenvalue weighted by atomic mass is 10.1. The van der Waals surface area contributed by atoms with E-state index in [1.807, 2.05) is 20.2 Å². The van der Waals surface area contributed by atoms with E-state index < -0.39 is 0 Å². The van der Waals surface area contributed by atoms with E-state index in [0.29, 0.717) is 5.15 Å². The van der Waals surface area contributed by atoms with Crippen LogP contribution in [0.5, 0.6) is 0 Å². The second-order valence-corrected chi connectivity index (χ2v) is 3.84. The standard InChI is InChI=1S/C9H8Cl2N4/c1-5-7(4-15(2)14-5)6-3-12-9(11)13-8(6)10/h3-4H,1-2H3. The van der Waals surface area contributed by atoms with Gasteiger partial charge >= 0.3 is 0 Å². The quantitative estimate of drug-likeness (QED) is 0.570. The molecule has 0 radical (unpaired) electrons. The summed E-state index contributed by atoms with van der Waals surface area (Å²) >= 11 is 11.6. The molecule has 0 N–H and O–H groups in total. The average Bonchev–Trinajstić information content (AvgIpc) is 2.45. The van der Waals surface area contributed by atoms with E-state index in [2.05, 4.69) is 15.1 Å². The molecule has 0 amide bonds. The first kappa shape index (κ1) is 10.4. The van der Waals surface area contributed by atoms with Gasteiger partial charge in [0, 0.05) is 30.6 Å². The number of nitrogens with zero attached hydrogens (tertiary/aromatic N) is 4. The van der Waals surface area contributed by atoms with E-state index in [1.54, 1.807) is 10.9 Å². The molecule has 6 heteroatoms. The Morgan fingerprint density at radius 1 is 1.27 bits per heavy atom. The maximum atomic E-state index is 5.97. The van der Waals surface area contributed by atoms with Crippen molar-refractivity contribution >= 4 is 23.2 Å². The summed E-state index contributed by atoms with van der Waals surface area (Å²) in [5.41, 5.74) is 2.54. The number of aryl methyl sites for hydroxylation is 2. The molecule has 0 aromatic carbocycles. The van der Waals surface area contributed by atoms with Crippen molar-refractivity contribution in [1.29, 1.82) is 0 Å². The average molecular weight is 243 g/mol. The van der Waals surface area contributed by atoms with Crippen LogP contribution in [0.2, 0.25) is 10.4 Å². The molecule has 0 spiro atoms. The van der Waals surface area contributed by atoms with Crippen LogP contribution in [0.25, 0.3) is 11.1 Å². The largest absolute Gasteiger partial charge is 0.275 e. The van der Waals surface area contributed by atoms with E-state index in [4.69, 9.17) is 23.2 Å². The number of rotatable bonds is 1. The molecule has 0 saturated carbocycles. The lowest BCUT2D eigenvalue weighted by Gasteiger charge is -2.00. The Labute approximate surface area is 96.9 Å². The molecule has 0 saturated heterocycles. The van der Waals surface area contributed by atoms with Crippen LogP contribution in [0.1, 0.15) is 5.69 Å². The second kappa shape index (κ2) is 3.79. The van der Waals surface area contributed by atoms with Gasteiger partial charge in [-0.25, -0.2) is 9.97 Å². The summed E-state index contributed by atoms with van der Waals surface area (Å²) in [6.07, 6.45) is 3.47. The lowest BCUT2D eigenvalue weighted by molar-refractivity contribution is 0.756. The number of hydrogen-bond acceptors (Lipinski definition) is 3. The molecule has 78 valence electrons. The maximum Gasteiger partial charge on any atom is 0.223 e. The van der Waals surface area contributed by atoms with Gasteiger partial charge in [0.2, 0.25) is 5.28 Å². The normalized spacial score (nSPS) is 10.7. The van der Waals surface area contributed by atoms with Gasteiger partial charge < -0.3 is 0 Å². The Morgan fingerprint density at radius 3 is 2.53 bits per heavy atom. The maximum absolute atomic E-state index is 5.97. The van der Waals surface area contributed by atoms with E-state index in [0.717, 1.165) is 16.8 Å². The van der Waals surface area contributed by atoms with Crippen LogP contribution in [0.3, 0.4) is 0 Å². The van der Waals surface area contributed by atoms with Crippen molar-refractivity contribution in [2.45, 2.75) is 6.92 Å². The minimum atomic E-state index is 0.144. The number of halogens is 2. The van der Waals surface area contributed by atoms with Crippen molar-refractivity contribution in [3.05, 3.63) is 28.5 Å². The fourth-order valence-electron chi connectivity index (χ4n) is 1.39. The summed E-state index contributed by atoms with van der Waals surface area (Å²) in [6, 6.07) is 0. The van der Waals surface area contributed by atoms with Crippen LogP contribution in [-0.4, -0.2) is 19.7 Å². The topological polar surface area (TPSA) is 43.6 Å². The molecule has 0 fully saturated rings. The number of aromatic nitrogens is 4. The molecule has 0 bridgehead atoms. The molecule has 2 heterocycles. The molecule has 2 rings (SSSR count). The third-order valence-electron chi connectivity index (χ3n) is 2.02. The van der Waals surface area contributed by atoms with Crippen LogP contribution < -0.4 is 0 Å².